The van der Waals surface area contributed by atoms with Gasteiger partial charge in [0.15, 0.2) is 0 Å². The van der Waals surface area contributed by atoms with Gasteiger partial charge in [0, 0.05) is 24.2 Å². The first-order valence-electron chi connectivity index (χ1n) is 15.0. The molecule has 2 aliphatic heterocycles. The first-order chi connectivity index (χ1) is 21.3. The third-order valence-corrected chi connectivity index (χ3v) is 9.13. The third kappa shape index (κ3) is 6.15. The molecule has 3 heterocycles. The van der Waals surface area contributed by atoms with E-state index in [0.29, 0.717) is 29.5 Å². The zero-order valence-electron chi connectivity index (χ0n) is 24.8. The number of methoxy groups -OCH3 is 1. The number of halogens is 6. The highest BCUT2D eigenvalue weighted by molar-refractivity contribution is 5.76. The molecule has 3 aliphatic rings. The summed E-state index contributed by atoms with van der Waals surface area (Å²) < 4.78 is 92.7. The van der Waals surface area contributed by atoms with Crippen LogP contribution in [0.4, 0.5) is 37.0 Å². The molecule has 12 heteroatoms. The Kier molecular flexibility index (Phi) is 8.11. The van der Waals surface area contributed by atoms with Crippen LogP contribution in [0.15, 0.2) is 48.5 Å². The Hall–Kier alpha value is -3.96. The zero-order chi connectivity index (χ0) is 32.1. The van der Waals surface area contributed by atoms with E-state index < -0.39 is 41.7 Å². The van der Waals surface area contributed by atoms with E-state index in [4.69, 9.17) is 14.5 Å². The van der Waals surface area contributed by atoms with E-state index >= 15 is 0 Å². The molecule has 3 aromatic rings. The number of rotatable bonds is 7. The number of alkyl halides is 6. The van der Waals surface area contributed by atoms with Crippen molar-refractivity contribution in [2.75, 3.05) is 25.1 Å². The minimum absolute atomic E-state index is 0.0628. The van der Waals surface area contributed by atoms with Crippen LogP contribution in [0.2, 0.25) is 0 Å². The first-order valence-corrected chi connectivity index (χ1v) is 15.0. The van der Waals surface area contributed by atoms with E-state index in [0.717, 1.165) is 62.1 Å². The number of benzene rings is 2. The minimum Gasteiger partial charge on any atom is -0.496 e. The fraction of sp³-hybridized carbons (Fsp3) is 0.455. The summed E-state index contributed by atoms with van der Waals surface area (Å²) in [7, 11) is 1.57. The molecule has 0 spiro atoms. The lowest BCUT2D eigenvalue weighted by Gasteiger charge is -2.33. The van der Waals surface area contributed by atoms with Gasteiger partial charge < -0.3 is 14.4 Å². The van der Waals surface area contributed by atoms with Crippen LogP contribution < -0.4 is 9.64 Å². The van der Waals surface area contributed by atoms with Crippen molar-refractivity contribution >= 4 is 11.9 Å². The third-order valence-electron chi connectivity index (χ3n) is 9.13. The predicted molar refractivity (Wildman–Crippen MR) is 155 cm³/mol. The summed E-state index contributed by atoms with van der Waals surface area (Å²) >= 11 is 0. The molecule has 6 rings (SSSR count). The average molecular weight is 634 g/mol. The summed E-state index contributed by atoms with van der Waals surface area (Å²) in [5, 5.41) is 0. The molecule has 0 radical (unpaired) electrons. The minimum atomic E-state index is -5.02. The van der Waals surface area contributed by atoms with E-state index in [1.54, 1.807) is 14.0 Å². The fourth-order valence-corrected chi connectivity index (χ4v) is 6.49. The highest BCUT2D eigenvalue weighted by Crippen LogP contribution is 2.43. The quantitative estimate of drug-likeness (QED) is 0.244. The van der Waals surface area contributed by atoms with Gasteiger partial charge in [0.05, 0.1) is 36.5 Å². The number of anilines is 1. The maximum Gasteiger partial charge on any atom is 0.416 e. The van der Waals surface area contributed by atoms with Crippen LogP contribution in [0.3, 0.4) is 0 Å². The summed E-state index contributed by atoms with van der Waals surface area (Å²) in [4.78, 5) is 21.5. The Bertz CT molecular complexity index is 1550. The van der Waals surface area contributed by atoms with Gasteiger partial charge in [-0.2, -0.15) is 26.3 Å². The number of carbonyl (C=O) groups is 1. The molecule has 6 nitrogen and oxygen atoms in total. The van der Waals surface area contributed by atoms with Crippen molar-refractivity contribution in [3.63, 3.8) is 0 Å². The van der Waals surface area contributed by atoms with Gasteiger partial charge in [0.25, 0.3) is 0 Å². The van der Waals surface area contributed by atoms with Gasteiger partial charge in [-0.15, -0.1) is 0 Å². The van der Waals surface area contributed by atoms with Crippen molar-refractivity contribution in [3.05, 3.63) is 76.5 Å². The van der Waals surface area contributed by atoms with Crippen LogP contribution in [0.5, 0.6) is 5.75 Å². The van der Waals surface area contributed by atoms with Crippen LogP contribution in [0.25, 0.3) is 11.1 Å². The van der Waals surface area contributed by atoms with Gasteiger partial charge in [-0.25, -0.2) is 9.78 Å². The highest BCUT2D eigenvalue weighted by atomic mass is 19.4. The van der Waals surface area contributed by atoms with Crippen molar-refractivity contribution in [1.82, 2.24) is 9.88 Å². The van der Waals surface area contributed by atoms with Crippen LogP contribution in [0.1, 0.15) is 79.0 Å². The highest BCUT2D eigenvalue weighted by Gasteiger charge is 2.43. The van der Waals surface area contributed by atoms with Gasteiger partial charge in [-0.3, -0.25) is 4.90 Å². The standard InChI is InChI=1S/C33H33F6N3O3/c1-19-30(22-14-23(32(34,35)36)17-24(15-22)33(37,38)39)45-31(43)42(19)18-27-25(9-11-29(40-27)41-12-5-13-41)26-16-21(8-10-28(26)44-2)20-6-3-4-7-20/h8-11,14-17,19-20,30H,3-7,12-13,18H2,1-2H3/t19?,30-/m0/s1. The van der Waals surface area contributed by atoms with E-state index in [-0.39, 0.29) is 18.2 Å². The van der Waals surface area contributed by atoms with E-state index in [2.05, 4.69) is 17.0 Å². The number of ether oxygens (including phenoxy) is 2. The Balaban J connectivity index is 1.38. The average Bonchev–Trinajstić information content (AvgIpc) is 3.60. The second kappa shape index (κ2) is 11.8. The van der Waals surface area contributed by atoms with Crippen molar-refractivity contribution < 1.29 is 40.6 Å². The number of hydrogen-bond acceptors (Lipinski definition) is 5. The molecule has 2 saturated heterocycles. The first kappa shape index (κ1) is 31.0. The smallest absolute Gasteiger partial charge is 0.416 e. The van der Waals surface area contributed by atoms with Gasteiger partial charge in [0.1, 0.15) is 17.7 Å². The molecule has 1 unspecified atom stereocenters. The number of aromatic nitrogens is 1. The monoisotopic (exact) mass is 633 g/mol. The molecule has 240 valence electrons. The fourth-order valence-electron chi connectivity index (χ4n) is 6.49. The Labute approximate surface area is 256 Å². The summed E-state index contributed by atoms with van der Waals surface area (Å²) in [5.41, 5.74) is -0.0920. The van der Waals surface area contributed by atoms with Crippen LogP contribution in [-0.2, 0) is 23.6 Å². The second-order valence-electron chi connectivity index (χ2n) is 12.0. The number of carbonyl (C=O) groups excluding carboxylic acids is 1. The molecule has 2 atom stereocenters. The maximum absolute atomic E-state index is 13.6. The van der Waals surface area contributed by atoms with Gasteiger partial charge >= 0.3 is 18.4 Å². The summed E-state index contributed by atoms with van der Waals surface area (Å²) in [6.07, 6.45) is -6.73. The van der Waals surface area contributed by atoms with Crippen LogP contribution in [0, 0.1) is 0 Å². The Morgan fingerprint density at radius 1 is 0.867 bits per heavy atom. The van der Waals surface area contributed by atoms with Crippen LogP contribution in [-0.4, -0.2) is 42.2 Å². The summed E-state index contributed by atoms with van der Waals surface area (Å²) in [6, 6.07) is 10.3. The topological polar surface area (TPSA) is 54.9 Å². The molecular formula is C33H33F6N3O3. The lowest BCUT2D eigenvalue weighted by molar-refractivity contribution is -0.143. The number of hydrogen-bond donors (Lipinski definition) is 0. The van der Waals surface area contributed by atoms with Gasteiger partial charge in [-0.05, 0) is 85.7 Å². The zero-order valence-corrected chi connectivity index (χ0v) is 24.8. The Morgan fingerprint density at radius 2 is 1.53 bits per heavy atom. The largest absolute Gasteiger partial charge is 0.496 e. The number of cyclic esters (lactones) is 1. The van der Waals surface area contributed by atoms with E-state index in [9.17, 15) is 31.1 Å². The van der Waals surface area contributed by atoms with E-state index in [1.165, 1.54) is 10.5 Å². The number of nitrogens with zero attached hydrogens (tertiary/aromatic N) is 3. The second-order valence-corrected chi connectivity index (χ2v) is 12.0. The molecule has 0 bridgehead atoms. The van der Waals surface area contributed by atoms with Gasteiger partial charge in [0.2, 0.25) is 0 Å². The van der Waals surface area contributed by atoms with Gasteiger partial charge in [-0.1, -0.05) is 18.9 Å². The van der Waals surface area contributed by atoms with Crippen molar-refractivity contribution in [2.24, 2.45) is 0 Å². The van der Waals surface area contributed by atoms with Crippen molar-refractivity contribution in [2.45, 2.75) is 76.0 Å². The number of pyridine rings is 1. The number of amides is 1. The molecular weight excluding hydrogens is 600 g/mol. The molecule has 45 heavy (non-hydrogen) atoms. The SMILES string of the molecule is COc1ccc(C2CCCC2)cc1-c1ccc(N2CCC2)nc1CN1C(=O)O[C@H](c2cc(C(F)(F)F)cc(C(F)(F)F)c2)C1C. The predicted octanol–water partition coefficient (Wildman–Crippen LogP) is 8.74. The summed E-state index contributed by atoms with van der Waals surface area (Å²) in [6.45, 7) is 3.12. The normalized spacial score (nSPS) is 20.8. The maximum atomic E-state index is 13.6. The molecule has 3 fully saturated rings. The molecule has 1 saturated carbocycles. The van der Waals surface area contributed by atoms with Crippen molar-refractivity contribution in [1.29, 1.82) is 0 Å². The lowest BCUT2D eigenvalue weighted by atomic mass is 9.92. The Morgan fingerprint density at radius 3 is 2.11 bits per heavy atom. The van der Waals surface area contributed by atoms with E-state index in [1.807, 2.05) is 18.2 Å². The molecule has 1 aromatic heterocycles. The van der Waals surface area contributed by atoms with Crippen molar-refractivity contribution in [3.8, 4) is 16.9 Å². The summed E-state index contributed by atoms with van der Waals surface area (Å²) in [5.74, 6) is 1.76. The van der Waals surface area contributed by atoms with Crippen LogP contribution >= 0.6 is 0 Å². The molecule has 1 aliphatic carbocycles. The lowest BCUT2D eigenvalue weighted by Crippen LogP contribution is -2.38. The molecule has 1 amide bonds. The molecule has 2 aromatic carbocycles. The molecule has 0 N–H and O–H groups in total.